The average Bonchev–Trinajstić information content (AvgIpc) is 3.18. The number of anilines is 1. The molecule has 1 atom stereocenters. The van der Waals surface area contributed by atoms with Crippen LogP contribution >= 0.6 is 0 Å². The van der Waals surface area contributed by atoms with Gasteiger partial charge < -0.3 is 25.1 Å². The number of aromatic amines is 1. The molecule has 0 bridgehead atoms. The lowest BCUT2D eigenvalue weighted by molar-refractivity contribution is -0.130. The number of nitrogens with one attached hydrogen (secondary N) is 3. The van der Waals surface area contributed by atoms with E-state index in [-0.39, 0.29) is 18.1 Å². The van der Waals surface area contributed by atoms with E-state index in [4.69, 9.17) is 9.47 Å². The predicted octanol–water partition coefficient (Wildman–Crippen LogP) is 3.09. The third-order valence-electron chi connectivity index (χ3n) is 4.87. The number of methoxy groups -OCH3 is 1. The topological polar surface area (TPSA) is 110 Å². The Morgan fingerprint density at radius 1 is 1.06 bits per heavy atom. The largest absolute Gasteiger partial charge is 0.497 e. The molecule has 2 amide bonds. The van der Waals surface area contributed by atoms with Gasteiger partial charge in [0.25, 0.3) is 5.91 Å². The number of benzene rings is 2. The van der Waals surface area contributed by atoms with Crippen molar-refractivity contribution in [1.82, 2.24) is 10.3 Å². The highest BCUT2D eigenvalue weighted by Crippen LogP contribution is 2.22. The molecular formula is C23H25N3O5. The number of esters is 1. The van der Waals surface area contributed by atoms with Gasteiger partial charge in [-0.25, -0.2) is 4.79 Å². The Labute approximate surface area is 179 Å². The quantitative estimate of drug-likeness (QED) is 0.506. The van der Waals surface area contributed by atoms with Gasteiger partial charge in [-0.05, 0) is 50.1 Å². The first-order chi connectivity index (χ1) is 14.8. The van der Waals surface area contributed by atoms with Crippen LogP contribution in [0.3, 0.4) is 0 Å². The van der Waals surface area contributed by atoms with Gasteiger partial charge in [0.1, 0.15) is 11.4 Å². The van der Waals surface area contributed by atoms with Crippen molar-refractivity contribution in [2.24, 2.45) is 0 Å². The third kappa shape index (κ3) is 5.22. The summed E-state index contributed by atoms with van der Waals surface area (Å²) in [6, 6.07) is 12.7. The van der Waals surface area contributed by atoms with Crippen LogP contribution in [0.25, 0.3) is 10.9 Å². The maximum atomic E-state index is 12.4. The second-order valence-electron chi connectivity index (χ2n) is 7.22. The molecule has 8 heteroatoms. The van der Waals surface area contributed by atoms with Gasteiger partial charge in [-0.3, -0.25) is 9.59 Å². The molecule has 2 aromatic carbocycles. The number of para-hydroxylation sites is 1. The van der Waals surface area contributed by atoms with E-state index in [1.54, 1.807) is 25.3 Å². The summed E-state index contributed by atoms with van der Waals surface area (Å²) in [7, 11) is 1.56. The number of carbonyl (C=O) groups excluding carboxylic acids is 3. The molecule has 1 unspecified atom stereocenters. The first kappa shape index (κ1) is 21.9. The first-order valence-corrected chi connectivity index (χ1v) is 9.80. The number of aromatic nitrogens is 1. The number of aryl methyl sites for hydroxylation is 2. The van der Waals surface area contributed by atoms with Crippen LogP contribution in [-0.4, -0.2) is 42.5 Å². The zero-order valence-electron chi connectivity index (χ0n) is 17.9. The lowest BCUT2D eigenvalue weighted by Crippen LogP contribution is -2.40. The van der Waals surface area contributed by atoms with Crippen LogP contribution in [0.1, 0.15) is 28.5 Å². The van der Waals surface area contributed by atoms with E-state index < -0.39 is 18.0 Å². The number of rotatable bonds is 7. The smallest absolute Gasteiger partial charge is 0.355 e. The predicted molar refractivity (Wildman–Crippen MR) is 117 cm³/mol. The summed E-state index contributed by atoms with van der Waals surface area (Å²) in [5, 5.41) is 6.08. The van der Waals surface area contributed by atoms with Crippen LogP contribution in [0.5, 0.6) is 5.75 Å². The van der Waals surface area contributed by atoms with E-state index >= 15 is 0 Å². The Bertz CT molecular complexity index is 1120. The molecule has 3 N–H and O–H groups in total. The van der Waals surface area contributed by atoms with E-state index in [9.17, 15) is 14.4 Å². The maximum Gasteiger partial charge on any atom is 0.355 e. The van der Waals surface area contributed by atoms with Crippen molar-refractivity contribution in [3.8, 4) is 5.75 Å². The fourth-order valence-corrected chi connectivity index (χ4v) is 3.13. The Hall–Kier alpha value is -3.81. The summed E-state index contributed by atoms with van der Waals surface area (Å²) < 4.78 is 10.4. The number of hydrogen-bond donors (Lipinski definition) is 3. The van der Waals surface area contributed by atoms with Crippen LogP contribution in [0.4, 0.5) is 5.69 Å². The Morgan fingerprint density at radius 3 is 2.45 bits per heavy atom. The molecule has 0 radical (unpaired) electrons. The van der Waals surface area contributed by atoms with E-state index in [1.807, 2.05) is 38.1 Å². The molecule has 162 valence electrons. The lowest BCUT2D eigenvalue weighted by Gasteiger charge is -2.14. The van der Waals surface area contributed by atoms with Crippen molar-refractivity contribution in [3.05, 3.63) is 59.3 Å². The summed E-state index contributed by atoms with van der Waals surface area (Å²) in [6.45, 7) is 4.99. The molecule has 31 heavy (non-hydrogen) atoms. The highest BCUT2D eigenvalue weighted by Gasteiger charge is 2.21. The zero-order valence-corrected chi connectivity index (χ0v) is 17.9. The average molecular weight is 423 g/mol. The van der Waals surface area contributed by atoms with Crippen LogP contribution in [0.15, 0.2) is 42.5 Å². The minimum absolute atomic E-state index is 0.218. The van der Waals surface area contributed by atoms with E-state index in [0.29, 0.717) is 11.3 Å². The van der Waals surface area contributed by atoms with E-state index in [1.165, 1.54) is 6.92 Å². The van der Waals surface area contributed by atoms with Crippen molar-refractivity contribution >= 4 is 34.4 Å². The molecule has 0 saturated heterocycles. The molecule has 3 aromatic rings. The first-order valence-electron chi connectivity index (χ1n) is 9.80. The fourth-order valence-electron chi connectivity index (χ4n) is 3.13. The fraction of sp³-hybridized carbons (Fsp3) is 0.261. The Morgan fingerprint density at radius 2 is 1.77 bits per heavy atom. The van der Waals surface area contributed by atoms with Crippen LogP contribution in [0, 0.1) is 13.8 Å². The summed E-state index contributed by atoms with van der Waals surface area (Å²) in [5.41, 5.74) is 3.51. The molecule has 8 nitrogen and oxygen atoms in total. The number of fused-ring (bicyclic) bond motifs is 1. The molecule has 0 aliphatic carbocycles. The van der Waals surface area contributed by atoms with Crippen molar-refractivity contribution in [2.45, 2.75) is 26.9 Å². The molecule has 0 aliphatic heterocycles. The van der Waals surface area contributed by atoms with Gasteiger partial charge in [0.15, 0.2) is 6.10 Å². The molecule has 0 fully saturated rings. The third-order valence-corrected chi connectivity index (χ3v) is 4.87. The minimum Gasteiger partial charge on any atom is -0.497 e. The minimum atomic E-state index is -1.07. The summed E-state index contributed by atoms with van der Waals surface area (Å²) in [5.74, 6) is -0.949. The van der Waals surface area contributed by atoms with Gasteiger partial charge >= 0.3 is 5.97 Å². The van der Waals surface area contributed by atoms with Gasteiger partial charge in [0, 0.05) is 22.7 Å². The van der Waals surface area contributed by atoms with Gasteiger partial charge in [0.05, 0.1) is 13.7 Å². The van der Waals surface area contributed by atoms with E-state index in [2.05, 4.69) is 15.6 Å². The summed E-state index contributed by atoms with van der Waals surface area (Å²) in [4.78, 5) is 39.8. The van der Waals surface area contributed by atoms with Crippen LogP contribution < -0.4 is 15.4 Å². The number of H-pyrrole nitrogens is 1. The number of ether oxygens (including phenoxy) is 2. The van der Waals surface area contributed by atoms with Crippen molar-refractivity contribution in [3.63, 3.8) is 0 Å². The molecule has 3 rings (SSSR count). The summed E-state index contributed by atoms with van der Waals surface area (Å²) in [6.07, 6.45) is -1.07. The SMILES string of the molecule is COc1ccc2cc(C(=O)OC(C)C(=O)NCC(=O)Nc3c(C)cccc3C)[nH]c2c1. The van der Waals surface area contributed by atoms with E-state index in [0.717, 1.165) is 22.2 Å². The highest BCUT2D eigenvalue weighted by atomic mass is 16.5. The van der Waals surface area contributed by atoms with Gasteiger partial charge in [-0.2, -0.15) is 0 Å². The highest BCUT2D eigenvalue weighted by molar-refractivity contribution is 5.98. The molecule has 0 saturated carbocycles. The van der Waals surface area contributed by atoms with Crippen LogP contribution in [0.2, 0.25) is 0 Å². The maximum absolute atomic E-state index is 12.4. The summed E-state index contributed by atoms with van der Waals surface area (Å²) >= 11 is 0. The number of hydrogen-bond acceptors (Lipinski definition) is 5. The standard InChI is InChI=1S/C23H25N3O5/c1-13-6-5-7-14(2)21(13)26-20(27)12-24-22(28)15(3)31-23(29)19-10-16-8-9-17(30-4)11-18(16)25-19/h5-11,15,25H,12H2,1-4H3,(H,24,28)(H,26,27). The van der Waals surface area contributed by atoms with Crippen LogP contribution in [-0.2, 0) is 14.3 Å². The lowest BCUT2D eigenvalue weighted by atomic mass is 10.1. The van der Waals surface area contributed by atoms with Gasteiger partial charge in [-0.15, -0.1) is 0 Å². The zero-order chi connectivity index (χ0) is 22.5. The second kappa shape index (κ2) is 9.34. The monoisotopic (exact) mass is 423 g/mol. The Kier molecular flexibility index (Phi) is 6.59. The molecule has 0 aliphatic rings. The van der Waals surface area contributed by atoms with Crippen molar-refractivity contribution in [1.29, 1.82) is 0 Å². The molecule has 0 spiro atoms. The van der Waals surface area contributed by atoms with Crippen molar-refractivity contribution in [2.75, 3.05) is 19.0 Å². The Balaban J connectivity index is 1.54. The molecule has 1 heterocycles. The normalized spacial score (nSPS) is 11.6. The van der Waals surface area contributed by atoms with Gasteiger partial charge in [0.2, 0.25) is 5.91 Å². The number of carbonyl (C=O) groups is 3. The van der Waals surface area contributed by atoms with Crippen molar-refractivity contribution < 1.29 is 23.9 Å². The number of amides is 2. The molecule has 1 aromatic heterocycles. The van der Waals surface area contributed by atoms with Gasteiger partial charge in [-0.1, -0.05) is 18.2 Å². The molecular weight excluding hydrogens is 398 g/mol. The second-order valence-corrected chi connectivity index (χ2v) is 7.22.